The van der Waals surface area contributed by atoms with Crippen LogP contribution in [0.25, 0.3) is 0 Å². The quantitative estimate of drug-likeness (QED) is 0.619. The molecule has 1 saturated carbocycles. The Morgan fingerprint density at radius 3 is 2.46 bits per heavy atom. The molecule has 0 radical (unpaired) electrons. The first-order chi connectivity index (χ1) is 13.4. The summed E-state index contributed by atoms with van der Waals surface area (Å²) in [6.07, 6.45) is 3.80. The van der Waals surface area contributed by atoms with Crippen molar-refractivity contribution in [3.05, 3.63) is 29.8 Å². The van der Waals surface area contributed by atoms with Gasteiger partial charge in [0.15, 0.2) is 0 Å². The van der Waals surface area contributed by atoms with E-state index in [1.807, 2.05) is 13.0 Å². The molecule has 0 spiro atoms. The molecular weight excluding hydrogens is 360 g/mol. The Balaban J connectivity index is 1.65. The fraction of sp³-hybridized carbons (Fsp3) is 0.450. The van der Waals surface area contributed by atoms with E-state index in [9.17, 15) is 19.2 Å². The number of imide groups is 2. The molecule has 2 atom stereocenters. The number of nitriles is 1. The maximum absolute atomic E-state index is 12.7. The molecule has 28 heavy (non-hydrogen) atoms. The van der Waals surface area contributed by atoms with E-state index in [0.29, 0.717) is 17.0 Å². The van der Waals surface area contributed by atoms with E-state index in [-0.39, 0.29) is 18.4 Å². The second-order valence-electron chi connectivity index (χ2n) is 7.26. The smallest absolute Gasteiger partial charge is 0.325 e. The summed E-state index contributed by atoms with van der Waals surface area (Å²) in [7, 11) is 0. The number of carbonyl (C=O) groups is 4. The number of benzene rings is 1. The van der Waals surface area contributed by atoms with Crippen molar-refractivity contribution in [3.63, 3.8) is 0 Å². The average molecular weight is 382 g/mol. The standard InChI is InChI=1S/C20H22N4O4/c1-13-4-2-3-5-16(13)24-19(27)18(26)23(20(24)28)12-17(25)22-15-8-6-14(7-9-15)10-11-21/h6-9,13,16H,2-5,10,12H2,1H3,(H,22,25)/t13-,16-/m1/s1. The molecule has 1 saturated heterocycles. The van der Waals surface area contributed by atoms with Crippen molar-refractivity contribution in [1.82, 2.24) is 9.80 Å². The molecule has 1 aromatic carbocycles. The van der Waals surface area contributed by atoms with E-state index in [2.05, 4.69) is 5.32 Å². The molecule has 0 bridgehead atoms. The van der Waals surface area contributed by atoms with Crippen LogP contribution in [0.4, 0.5) is 10.5 Å². The van der Waals surface area contributed by atoms with Gasteiger partial charge in [0, 0.05) is 11.7 Å². The van der Waals surface area contributed by atoms with E-state index in [1.165, 1.54) is 0 Å². The van der Waals surface area contributed by atoms with E-state index < -0.39 is 30.3 Å². The highest BCUT2D eigenvalue weighted by Crippen LogP contribution is 2.31. The van der Waals surface area contributed by atoms with Gasteiger partial charge in [0.25, 0.3) is 0 Å². The van der Waals surface area contributed by atoms with Gasteiger partial charge in [-0.2, -0.15) is 5.26 Å². The lowest BCUT2D eigenvalue weighted by Crippen LogP contribution is -2.46. The maximum atomic E-state index is 12.7. The van der Waals surface area contributed by atoms with E-state index in [0.717, 1.165) is 29.7 Å². The van der Waals surface area contributed by atoms with Crippen LogP contribution in [0.5, 0.6) is 0 Å². The van der Waals surface area contributed by atoms with Gasteiger partial charge in [-0.1, -0.05) is 31.9 Å². The molecule has 8 nitrogen and oxygen atoms in total. The summed E-state index contributed by atoms with van der Waals surface area (Å²) in [5, 5.41) is 11.3. The van der Waals surface area contributed by atoms with E-state index in [4.69, 9.17) is 5.26 Å². The zero-order valence-electron chi connectivity index (χ0n) is 15.7. The monoisotopic (exact) mass is 382 g/mol. The number of rotatable bonds is 5. The minimum absolute atomic E-state index is 0.134. The Morgan fingerprint density at radius 2 is 1.82 bits per heavy atom. The van der Waals surface area contributed by atoms with Crippen molar-refractivity contribution < 1.29 is 19.2 Å². The number of anilines is 1. The SMILES string of the molecule is C[C@@H]1CCCC[C@H]1N1C(=O)C(=O)N(CC(=O)Nc2ccc(CC#N)cc2)C1=O. The Morgan fingerprint density at radius 1 is 1.14 bits per heavy atom. The summed E-state index contributed by atoms with van der Waals surface area (Å²) in [5.41, 5.74) is 1.29. The van der Waals surface area contributed by atoms with Crippen LogP contribution < -0.4 is 5.32 Å². The van der Waals surface area contributed by atoms with Gasteiger partial charge in [-0.25, -0.2) is 9.69 Å². The van der Waals surface area contributed by atoms with Gasteiger partial charge in [-0.15, -0.1) is 0 Å². The van der Waals surface area contributed by atoms with E-state index >= 15 is 0 Å². The number of nitrogens with zero attached hydrogens (tertiary/aromatic N) is 3. The van der Waals surface area contributed by atoms with Gasteiger partial charge in [0.1, 0.15) is 6.54 Å². The zero-order chi connectivity index (χ0) is 20.3. The van der Waals surface area contributed by atoms with Crippen LogP contribution in [0.15, 0.2) is 24.3 Å². The topological polar surface area (TPSA) is 111 Å². The predicted octanol–water partition coefficient (Wildman–Crippen LogP) is 2.06. The highest BCUT2D eigenvalue weighted by Gasteiger charge is 2.49. The Kier molecular flexibility index (Phi) is 5.73. The highest BCUT2D eigenvalue weighted by molar-refractivity contribution is 6.45. The summed E-state index contributed by atoms with van der Waals surface area (Å²) in [5.74, 6) is -2.24. The molecule has 8 heteroatoms. The first-order valence-corrected chi connectivity index (χ1v) is 9.37. The predicted molar refractivity (Wildman–Crippen MR) is 99.8 cm³/mol. The fourth-order valence-corrected chi connectivity index (χ4v) is 3.78. The second kappa shape index (κ2) is 8.21. The Labute approximate surface area is 163 Å². The zero-order valence-corrected chi connectivity index (χ0v) is 15.7. The van der Waals surface area contributed by atoms with Crippen LogP contribution in [0.1, 0.15) is 38.2 Å². The normalized spacial score (nSPS) is 22.4. The summed E-state index contributed by atoms with van der Waals surface area (Å²) < 4.78 is 0. The number of hydrogen-bond acceptors (Lipinski definition) is 5. The minimum atomic E-state index is -0.956. The number of amides is 5. The molecule has 3 rings (SSSR count). The van der Waals surface area contributed by atoms with Gasteiger partial charge < -0.3 is 5.32 Å². The van der Waals surface area contributed by atoms with E-state index in [1.54, 1.807) is 24.3 Å². The van der Waals surface area contributed by atoms with Crippen molar-refractivity contribution in [3.8, 4) is 6.07 Å². The third kappa shape index (κ3) is 3.88. The van der Waals surface area contributed by atoms with Gasteiger partial charge >= 0.3 is 17.8 Å². The van der Waals surface area contributed by atoms with Crippen molar-refractivity contribution in [1.29, 1.82) is 5.26 Å². The van der Waals surface area contributed by atoms with Crippen LogP contribution in [0.2, 0.25) is 0 Å². The van der Waals surface area contributed by atoms with Gasteiger partial charge in [0.05, 0.1) is 12.5 Å². The fourth-order valence-electron chi connectivity index (χ4n) is 3.78. The van der Waals surface area contributed by atoms with Crippen LogP contribution >= 0.6 is 0 Å². The Hall–Kier alpha value is -3.21. The molecule has 1 aliphatic carbocycles. The molecule has 2 fully saturated rings. The Bertz CT molecular complexity index is 843. The molecule has 2 aliphatic rings. The lowest BCUT2D eigenvalue weighted by molar-refractivity contribution is -0.145. The van der Waals surface area contributed by atoms with Crippen LogP contribution in [0.3, 0.4) is 0 Å². The third-order valence-electron chi connectivity index (χ3n) is 5.30. The first-order valence-electron chi connectivity index (χ1n) is 9.37. The molecule has 0 aromatic heterocycles. The third-order valence-corrected chi connectivity index (χ3v) is 5.30. The molecule has 1 heterocycles. The average Bonchev–Trinajstić information content (AvgIpc) is 2.88. The molecule has 1 aliphatic heterocycles. The van der Waals surface area contributed by atoms with Crippen molar-refractivity contribution in [2.75, 3.05) is 11.9 Å². The van der Waals surface area contributed by atoms with Gasteiger partial charge in [0.2, 0.25) is 5.91 Å². The molecular formula is C20H22N4O4. The number of nitrogens with one attached hydrogen (secondary N) is 1. The van der Waals surface area contributed by atoms with Crippen molar-refractivity contribution >= 4 is 29.4 Å². The summed E-state index contributed by atoms with van der Waals surface area (Å²) in [6.45, 7) is 1.46. The number of carbonyl (C=O) groups excluding carboxylic acids is 4. The largest absolute Gasteiger partial charge is 0.334 e. The highest BCUT2D eigenvalue weighted by atomic mass is 16.2. The lowest BCUT2D eigenvalue weighted by atomic mass is 9.85. The van der Waals surface area contributed by atoms with Crippen molar-refractivity contribution in [2.45, 2.75) is 45.1 Å². The summed E-state index contributed by atoms with van der Waals surface area (Å²) >= 11 is 0. The van der Waals surface area contributed by atoms with Gasteiger partial charge in [-0.3, -0.25) is 19.3 Å². The summed E-state index contributed by atoms with van der Waals surface area (Å²) in [4.78, 5) is 51.4. The van der Waals surface area contributed by atoms with Crippen LogP contribution in [0, 0.1) is 17.2 Å². The molecule has 5 amide bonds. The van der Waals surface area contributed by atoms with Crippen molar-refractivity contribution in [2.24, 2.45) is 5.92 Å². The first kappa shape index (κ1) is 19.5. The second-order valence-corrected chi connectivity index (χ2v) is 7.26. The summed E-state index contributed by atoms with van der Waals surface area (Å²) in [6, 6.07) is 7.72. The molecule has 1 aromatic rings. The van der Waals surface area contributed by atoms with Crippen LogP contribution in [-0.4, -0.2) is 46.1 Å². The minimum Gasteiger partial charge on any atom is -0.325 e. The number of hydrogen-bond donors (Lipinski definition) is 1. The lowest BCUT2D eigenvalue weighted by Gasteiger charge is -2.34. The maximum Gasteiger partial charge on any atom is 0.334 e. The molecule has 146 valence electrons. The molecule has 0 unspecified atom stereocenters. The van der Waals surface area contributed by atoms with Gasteiger partial charge in [-0.05, 0) is 36.5 Å². The molecule has 1 N–H and O–H groups in total. The van der Waals surface area contributed by atoms with Crippen LogP contribution in [-0.2, 0) is 20.8 Å². The number of urea groups is 1.